The zero-order chi connectivity index (χ0) is 17.5. The van der Waals surface area contributed by atoms with Crippen molar-refractivity contribution in [2.45, 2.75) is 6.92 Å². The maximum atomic E-state index is 13.6. The van der Waals surface area contributed by atoms with Gasteiger partial charge in [0.1, 0.15) is 0 Å². The monoisotopic (exact) mass is 331 g/mol. The summed E-state index contributed by atoms with van der Waals surface area (Å²) in [6, 6.07) is 4.93. The second kappa shape index (κ2) is 8.19. The first-order chi connectivity index (χ1) is 11.6. The van der Waals surface area contributed by atoms with Crippen LogP contribution < -0.4 is 10.1 Å². The van der Waals surface area contributed by atoms with E-state index in [0.29, 0.717) is 17.4 Å². The van der Waals surface area contributed by atoms with Crippen LogP contribution in [0.25, 0.3) is 0 Å². The van der Waals surface area contributed by atoms with Crippen molar-refractivity contribution in [3.05, 3.63) is 47.7 Å². The summed E-state index contributed by atoms with van der Waals surface area (Å²) in [7, 11) is 3.92. The van der Waals surface area contributed by atoms with E-state index in [1.54, 1.807) is 6.92 Å². The van der Waals surface area contributed by atoms with Crippen LogP contribution in [0.2, 0.25) is 0 Å². The molecule has 1 aromatic carbocycles. The molecule has 1 aromatic heterocycles. The molecule has 1 heterocycles. The van der Waals surface area contributed by atoms with Gasteiger partial charge in [-0.15, -0.1) is 0 Å². The minimum atomic E-state index is -0.824. The Bertz CT molecular complexity index is 755. The number of benzene rings is 1. The number of ether oxygens (including phenoxy) is 1. The van der Waals surface area contributed by atoms with E-state index in [-0.39, 0.29) is 5.88 Å². The number of aryl methyl sites for hydroxylation is 1. The number of aromatic nitrogens is 1. The van der Waals surface area contributed by atoms with Crippen LogP contribution in [0.1, 0.15) is 5.56 Å². The van der Waals surface area contributed by atoms with Gasteiger partial charge in [0.15, 0.2) is 0 Å². The van der Waals surface area contributed by atoms with Crippen molar-refractivity contribution in [2.24, 2.45) is 0 Å². The summed E-state index contributed by atoms with van der Waals surface area (Å²) < 4.78 is 38.7. The van der Waals surface area contributed by atoms with Gasteiger partial charge in [-0.1, -0.05) is 0 Å². The van der Waals surface area contributed by atoms with Crippen molar-refractivity contribution in [1.29, 1.82) is 0 Å². The first-order valence-corrected chi connectivity index (χ1v) is 6.84. The molecule has 0 aliphatic heterocycles. The topological polar surface area (TPSA) is 63.5 Å². The number of rotatable bonds is 7. The molecule has 6 nitrogen and oxygen atoms in total. The molecule has 0 unspecified atom stereocenters. The molecule has 0 amide bonds. The van der Waals surface area contributed by atoms with Crippen molar-refractivity contribution in [1.82, 2.24) is 10.3 Å². The molecule has 0 spiro atoms. The molecule has 0 saturated heterocycles. The quantitative estimate of drug-likeness (QED) is 0.477. The van der Waals surface area contributed by atoms with Gasteiger partial charge in [-0.05, 0) is 0 Å². The van der Waals surface area contributed by atoms with Gasteiger partial charge in [0.25, 0.3) is 0 Å². The van der Waals surface area contributed by atoms with Crippen LogP contribution in [0.3, 0.4) is 0 Å². The fourth-order valence-corrected chi connectivity index (χ4v) is 1.89. The Balaban J connectivity index is 2.29. The Morgan fingerprint density at radius 2 is 2.04 bits per heavy atom. The van der Waals surface area contributed by atoms with E-state index in [0.717, 1.165) is 19.5 Å². The van der Waals surface area contributed by atoms with E-state index in [1.165, 1.54) is 37.3 Å². The number of hydrazine groups is 1. The Kier molecular flexibility index (Phi) is 6.00. The third-order valence-corrected chi connectivity index (χ3v) is 2.94. The SMILES string of the molecule is COB=[N+](N[B]C=O)c1cnc(Oc2c(F)cccc2F)cc1C. The number of nitrogens with zero attached hydrogens (tertiary/aromatic N) is 2. The predicted molar refractivity (Wildman–Crippen MR) is 83.7 cm³/mol. The minimum absolute atomic E-state index is 0.0250. The number of carbonyl (C=O) groups is 1. The Morgan fingerprint density at radius 3 is 2.62 bits per heavy atom. The van der Waals surface area contributed by atoms with E-state index in [2.05, 4.69) is 10.3 Å². The molecule has 0 aliphatic carbocycles. The Hall–Kier alpha value is -2.77. The summed E-state index contributed by atoms with van der Waals surface area (Å²) in [4.78, 5) is 14.5. The number of pyridine rings is 1. The van der Waals surface area contributed by atoms with Gasteiger partial charge in [-0.3, -0.25) is 0 Å². The van der Waals surface area contributed by atoms with Crippen LogP contribution in [-0.2, 0) is 9.45 Å². The maximum absolute atomic E-state index is 13.6. The molecule has 1 radical (unpaired) electrons. The van der Waals surface area contributed by atoms with Crippen LogP contribution in [0.5, 0.6) is 11.6 Å². The molecule has 0 atom stereocenters. The van der Waals surface area contributed by atoms with Crippen LogP contribution >= 0.6 is 0 Å². The second-order valence-corrected chi connectivity index (χ2v) is 4.60. The molecule has 0 bridgehead atoms. The summed E-state index contributed by atoms with van der Waals surface area (Å²) in [6.45, 7) is 1.74. The van der Waals surface area contributed by atoms with Crippen LogP contribution in [0.15, 0.2) is 30.5 Å². The Morgan fingerprint density at radius 1 is 1.33 bits per heavy atom. The zero-order valence-electron chi connectivity index (χ0n) is 13.0. The second-order valence-electron chi connectivity index (χ2n) is 4.60. The molecule has 2 rings (SSSR count). The van der Waals surface area contributed by atoms with Crippen molar-refractivity contribution in [2.75, 3.05) is 7.11 Å². The molecule has 121 valence electrons. The van der Waals surface area contributed by atoms with E-state index in [1.807, 2.05) is 0 Å². The summed E-state index contributed by atoms with van der Waals surface area (Å²) in [5.41, 5.74) is 1.22. The summed E-state index contributed by atoms with van der Waals surface area (Å²) in [6.07, 6.45) is 1.97. The molecule has 24 heavy (non-hydrogen) atoms. The number of hydrogen-bond acceptors (Lipinski definition) is 5. The molecular weight excluding hydrogens is 318 g/mol. The molecule has 0 aliphatic rings. The van der Waals surface area contributed by atoms with Crippen molar-refractivity contribution in [3.63, 3.8) is 0 Å². The third kappa shape index (κ3) is 4.15. The van der Waals surface area contributed by atoms with Crippen LogP contribution in [0, 0.1) is 18.6 Å². The normalized spacial score (nSPS) is 10.6. The zero-order valence-corrected chi connectivity index (χ0v) is 13.0. The van der Waals surface area contributed by atoms with E-state index >= 15 is 0 Å². The number of halogens is 2. The number of para-hydroxylation sites is 1. The molecule has 0 saturated carbocycles. The average Bonchev–Trinajstić information content (AvgIpc) is 2.55. The van der Waals surface area contributed by atoms with Crippen LogP contribution in [0.4, 0.5) is 14.5 Å². The summed E-state index contributed by atoms with van der Waals surface area (Å²) >= 11 is 0. The standard InChI is InChI=1S/C14H13B2F2N3O3/c1-9-6-13(24-14-10(17)4-3-5-11(14)18)19-7-12(9)21(16-23-2)20-15-8-22/h3-8,20H,1-2H3/q+1. The van der Waals surface area contributed by atoms with Gasteiger partial charge in [-0.2, -0.15) is 0 Å². The van der Waals surface area contributed by atoms with Gasteiger partial charge in [0.2, 0.25) is 0 Å². The average molecular weight is 331 g/mol. The van der Waals surface area contributed by atoms with Crippen molar-refractivity contribution in [3.8, 4) is 11.6 Å². The van der Waals surface area contributed by atoms with Gasteiger partial charge < -0.3 is 0 Å². The van der Waals surface area contributed by atoms with Gasteiger partial charge >= 0.3 is 138 Å². The van der Waals surface area contributed by atoms with Gasteiger partial charge in [0, 0.05) is 0 Å². The molecule has 10 heteroatoms. The van der Waals surface area contributed by atoms with E-state index < -0.39 is 17.4 Å². The van der Waals surface area contributed by atoms with Crippen LogP contribution in [-0.4, -0.2) is 37.6 Å². The van der Waals surface area contributed by atoms with Crippen molar-refractivity contribution < 1.29 is 27.6 Å². The first-order valence-electron chi connectivity index (χ1n) is 6.84. The number of carbonyl (C=O) groups excluding carboxylic acids is 1. The van der Waals surface area contributed by atoms with Crippen molar-refractivity contribution >= 4 is 26.6 Å². The first kappa shape index (κ1) is 17.6. The predicted octanol–water partition coefficient (Wildman–Crippen LogP) is 1.87. The number of nitrogens with one attached hydrogen (secondary N) is 1. The third-order valence-electron chi connectivity index (χ3n) is 2.94. The summed E-state index contributed by atoms with van der Waals surface area (Å²) in [5.74, 6) is -2.15. The molecular formula is C14H13B2F2N3O3+. The van der Waals surface area contributed by atoms with E-state index in [4.69, 9.17) is 9.39 Å². The number of hydrogen-bond donors (Lipinski definition) is 1. The summed E-state index contributed by atoms with van der Waals surface area (Å²) in [5, 5.41) is 2.67. The fourth-order valence-electron chi connectivity index (χ4n) is 1.89. The van der Waals surface area contributed by atoms with Gasteiger partial charge in [-0.25, -0.2) is 0 Å². The molecule has 1 N–H and O–H groups in total. The van der Waals surface area contributed by atoms with E-state index in [9.17, 15) is 13.6 Å². The fraction of sp³-hybridized carbons (Fsp3) is 0.143. The molecule has 2 aromatic rings. The molecule has 0 fully saturated rings. The van der Waals surface area contributed by atoms with Gasteiger partial charge in [0.05, 0.1) is 0 Å². The Labute approximate surface area is 138 Å².